The first-order chi connectivity index (χ1) is 13.3. The van der Waals surface area contributed by atoms with Gasteiger partial charge in [0.1, 0.15) is 11.6 Å². The standard InChI is InChI=1S/C20H20N6O/c27-20(19-23-9-4-10-24-19)26-12-3-5-16(14-26)15-7-11-22-18(13-15)25-17-6-1-2-8-21-17/h1-2,4,6-11,13,16H,3,5,12,14H2,(H,21,22,25). The minimum absolute atomic E-state index is 0.110. The van der Waals surface area contributed by atoms with E-state index in [1.807, 2.05) is 35.2 Å². The van der Waals surface area contributed by atoms with Crippen LogP contribution in [0.15, 0.2) is 61.2 Å². The van der Waals surface area contributed by atoms with Crippen LogP contribution in [0.1, 0.15) is 34.9 Å². The van der Waals surface area contributed by atoms with E-state index < -0.39 is 0 Å². The molecule has 3 aromatic rings. The number of amides is 1. The second-order valence-electron chi connectivity index (χ2n) is 6.48. The number of hydrogen-bond donors (Lipinski definition) is 1. The fourth-order valence-corrected chi connectivity index (χ4v) is 3.32. The molecule has 1 atom stereocenters. The van der Waals surface area contributed by atoms with Crippen molar-refractivity contribution in [1.82, 2.24) is 24.8 Å². The number of pyridine rings is 2. The maximum Gasteiger partial charge on any atom is 0.291 e. The zero-order chi connectivity index (χ0) is 18.5. The van der Waals surface area contributed by atoms with Gasteiger partial charge in [-0.15, -0.1) is 0 Å². The average Bonchev–Trinajstić information content (AvgIpc) is 2.75. The Morgan fingerprint density at radius 1 is 0.963 bits per heavy atom. The van der Waals surface area contributed by atoms with Crippen LogP contribution in [0.25, 0.3) is 0 Å². The minimum Gasteiger partial charge on any atom is -0.335 e. The van der Waals surface area contributed by atoms with E-state index in [4.69, 9.17) is 0 Å². The lowest BCUT2D eigenvalue weighted by Crippen LogP contribution is -2.39. The van der Waals surface area contributed by atoms with E-state index in [9.17, 15) is 4.79 Å². The third-order valence-corrected chi connectivity index (χ3v) is 4.64. The van der Waals surface area contributed by atoms with Gasteiger partial charge >= 0.3 is 0 Å². The van der Waals surface area contributed by atoms with Gasteiger partial charge in [0.2, 0.25) is 5.82 Å². The summed E-state index contributed by atoms with van der Waals surface area (Å²) in [4.78, 5) is 31.3. The molecule has 3 aromatic heterocycles. The molecule has 1 N–H and O–H groups in total. The third-order valence-electron chi connectivity index (χ3n) is 4.64. The topological polar surface area (TPSA) is 83.9 Å². The van der Waals surface area contributed by atoms with Crippen LogP contribution in [0.2, 0.25) is 0 Å². The molecule has 1 unspecified atom stereocenters. The second-order valence-corrected chi connectivity index (χ2v) is 6.48. The molecule has 1 aliphatic heterocycles. The molecule has 1 amide bonds. The SMILES string of the molecule is O=C(c1ncccn1)N1CCCC(c2ccnc(Nc3ccccn3)c2)C1. The minimum atomic E-state index is -0.110. The Hall–Kier alpha value is -3.35. The highest BCUT2D eigenvalue weighted by Gasteiger charge is 2.27. The van der Waals surface area contributed by atoms with Crippen molar-refractivity contribution in [2.75, 3.05) is 18.4 Å². The van der Waals surface area contributed by atoms with E-state index >= 15 is 0 Å². The van der Waals surface area contributed by atoms with E-state index in [1.165, 1.54) is 0 Å². The number of hydrogen-bond acceptors (Lipinski definition) is 6. The monoisotopic (exact) mass is 360 g/mol. The van der Waals surface area contributed by atoms with Crippen molar-refractivity contribution in [2.45, 2.75) is 18.8 Å². The maximum absolute atomic E-state index is 12.7. The molecule has 1 saturated heterocycles. The van der Waals surface area contributed by atoms with Gasteiger partial charge in [0, 0.05) is 43.8 Å². The molecule has 0 aromatic carbocycles. The van der Waals surface area contributed by atoms with Crippen LogP contribution in [0.3, 0.4) is 0 Å². The van der Waals surface area contributed by atoms with Gasteiger partial charge in [-0.3, -0.25) is 4.79 Å². The van der Waals surface area contributed by atoms with Gasteiger partial charge in [0.15, 0.2) is 0 Å². The number of nitrogens with one attached hydrogen (secondary N) is 1. The highest BCUT2D eigenvalue weighted by atomic mass is 16.2. The predicted molar refractivity (Wildman–Crippen MR) is 102 cm³/mol. The van der Waals surface area contributed by atoms with Gasteiger partial charge in [-0.1, -0.05) is 6.07 Å². The number of likely N-dealkylation sites (tertiary alicyclic amines) is 1. The van der Waals surface area contributed by atoms with E-state index in [0.29, 0.717) is 6.54 Å². The molecule has 136 valence electrons. The number of carbonyl (C=O) groups is 1. The number of rotatable bonds is 4. The van der Waals surface area contributed by atoms with E-state index in [2.05, 4.69) is 25.3 Å². The summed E-state index contributed by atoms with van der Waals surface area (Å²) in [6.45, 7) is 1.39. The molecule has 7 heteroatoms. The molecule has 4 heterocycles. The first kappa shape index (κ1) is 17.1. The van der Waals surface area contributed by atoms with Crippen molar-refractivity contribution in [2.24, 2.45) is 0 Å². The van der Waals surface area contributed by atoms with Gasteiger partial charge in [0.25, 0.3) is 5.91 Å². The van der Waals surface area contributed by atoms with Crippen molar-refractivity contribution >= 4 is 17.5 Å². The normalized spacial score (nSPS) is 16.7. The van der Waals surface area contributed by atoms with Crippen LogP contribution in [0, 0.1) is 0 Å². The number of aromatic nitrogens is 4. The molecule has 27 heavy (non-hydrogen) atoms. The summed E-state index contributed by atoms with van der Waals surface area (Å²) < 4.78 is 0. The van der Waals surface area contributed by atoms with Gasteiger partial charge in [0.05, 0.1) is 0 Å². The predicted octanol–water partition coefficient (Wildman–Crippen LogP) is 3.03. The zero-order valence-electron chi connectivity index (χ0n) is 14.8. The van der Waals surface area contributed by atoms with Crippen molar-refractivity contribution in [3.63, 3.8) is 0 Å². The van der Waals surface area contributed by atoms with Gasteiger partial charge in [-0.2, -0.15) is 0 Å². The Labute approximate surface area is 157 Å². The summed E-state index contributed by atoms with van der Waals surface area (Å²) in [5.41, 5.74) is 1.16. The number of nitrogens with zero attached hydrogens (tertiary/aromatic N) is 5. The van der Waals surface area contributed by atoms with Gasteiger partial charge in [-0.05, 0) is 48.7 Å². The summed E-state index contributed by atoms with van der Waals surface area (Å²) in [6, 6.07) is 11.5. The van der Waals surface area contributed by atoms with Crippen molar-refractivity contribution < 1.29 is 4.79 Å². The largest absolute Gasteiger partial charge is 0.335 e. The van der Waals surface area contributed by atoms with E-state index in [1.54, 1.807) is 30.9 Å². The summed E-state index contributed by atoms with van der Waals surface area (Å²) in [7, 11) is 0. The molecular formula is C20H20N6O. The Morgan fingerprint density at radius 3 is 2.59 bits per heavy atom. The number of anilines is 2. The van der Waals surface area contributed by atoms with Gasteiger partial charge < -0.3 is 10.2 Å². The smallest absolute Gasteiger partial charge is 0.291 e. The molecule has 1 fully saturated rings. The third kappa shape index (κ3) is 4.08. The van der Waals surface area contributed by atoms with Crippen molar-refractivity contribution in [1.29, 1.82) is 0 Å². The molecule has 1 aliphatic rings. The fraction of sp³-hybridized carbons (Fsp3) is 0.250. The summed E-state index contributed by atoms with van der Waals surface area (Å²) in [5, 5.41) is 3.22. The molecule has 7 nitrogen and oxygen atoms in total. The van der Waals surface area contributed by atoms with Gasteiger partial charge in [-0.25, -0.2) is 19.9 Å². The Balaban J connectivity index is 1.48. The van der Waals surface area contributed by atoms with Crippen molar-refractivity contribution in [3.05, 3.63) is 72.6 Å². The Kier molecular flexibility index (Phi) is 5.00. The highest BCUT2D eigenvalue weighted by molar-refractivity contribution is 5.90. The van der Waals surface area contributed by atoms with Crippen molar-refractivity contribution in [3.8, 4) is 0 Å². The van der Waals surface area contributed by atoms with Crippen LogP contribution in [-0.2, 0) is 0 Å². The second kappa shape index (κ2) is 7.90. The summed E-state index contributed by atoms with van der Waals surface area (Å²) in [6.07, 6.45) is 8.71. The summed E-state index contributed by atoms with van der Waals surface area (Å²) in [5.74, 6) is 1.91. The molecule has 0 aliphatic carbocycles. The number of carbonyl (C=O) groups excluding carboxylic acids is 1. The Bertz CT molecular complexity index is 903. The maximum atomic E-state index is 12.7. The van der Waals surface area contributed by atoms with E-state index in [-0.39, 0.29) is 17.6 Å². The molecule has 0 saturated carbocycles. The number of piperidine rings is 1. The first-order valence-electron chi connectivity index (χ1n) is 9.00. The molecule has 0 spiro atoms. The van der Waals surface area contributed by atoms with Crippen LogP contribution in [0.5, 0.6) is 0 Å². The molecular weight excluding hydrogens is 340 g/mol. The molecule has 0 bridgehead atoms. The lowest BCUT2D eigenvalue weighted by molar-refractivity contribution is 0.0694. The lowest BCUT2D eigenvalue weighted by atomic mass is 9.91. The van der Waals surface area contributed by atoms with E-state index in [0.717, 1.165) is 36.6 Å². The van der Waals surface area contributed by atoms with Crippen LogP contribution < -0.4 is 5.32 Å². The molecule has 0 radical (unpaired) electrons. The fourth-order valence-electron chi connectivity index (χ4n) is 3.32. The zero-order valence-corrected chi connectivity index (χ0v) is 14.8. The van der Waals surface area contributed by atoms with Crippen LogP contribution in [0.4, 0.5) is 11.6 Å². The van der Waals surface area contributed by atoms with Crippen LogP contribution in [-0.4, -0.2) is 43.8 Å². The highest BCUT2D eigenvalue weighted by Crippen LogP contribution is 2.28. The lowest BCUT2D eigenvalue weighted by Gasteiger charge is -2.32. The quantitative estimate of drug-likeness (QED) is 0.770. The average molecular weight is 360 g/mol. The first-order valence-corrected chi connectivity index (χ1v) is 9.00. The molecule has 4 rings (SSSR count). The van der Waals surface area contributed by atoms with Crippen LogP contribution >= 0.6 is 0 Å². The Morgan fingerprint density at radius 2 is 1.78 bits per heavy atom. The summed E-state index contributed by atoms with van der Waals surface area (Å²) >= 11 is 0.